The Labute approximate surface area is 112 Å². The highest BCUT2D eigenvalue weighted by molar-refractivity contribution is 5.92. The molecule has 1 heterocycles. The largest absolute Gasteiger partial charge is 0.508 e. The van der Waals surface area contributed by atoms with Crippen LogP contribution < -0.4 is 5.32 Å². The number of fused-ring (bicyclic) bond motifs is 1. The van der Waals surface area contributed by atoms with Crippen LogP contribution in [-0.4, -0.2) is 10.1 Å². The lowest BCUT2D eigenvalue weighted by Gasteiger charge is -2.10. The fourth-order valence-electron chi connectivity index (χ4n) is 1.78. The summed E-state index contributed by atoms with van der Waals surface area (Å²) in [6.07, 6.45) is 9.24. The van der Waals surface area contributed by atoms with E-state index in [2.05, 4.69) is 16.9 Å². The topological polar surface area (TPSA) is 45.2 Å². The summed E-state index contributed by atoms with van der Waals surface area (Å²) in [5.41, 5.74) is 2.68. The summed E-state index contributed by atoms with van der Waals surface area (Å²) in [6.45, 7) is 5.62. The summed E-state index contributed by atoms with van der Waals surface area (Å²) in [6, 6.07) is 7.06. The van der Waals surface area contributed by atoms with Crippen LogP contribution in [0.25, 0.3) is 10.9 Å². The van der Waals surface area contributed by atoms with Crippen LogP contribution in [0.2, 0.25) is 0 Å². The molecule has 0 spiro atoms. The number of pyridine rings is 1. The van der Waals surface area contributed by atoms with Gasteiger partial charge in [0.15, 0.2) is 0 Å². The van der Waals surface area contributed by atoms with Crippen LogP contribution in [0.1, 0.15) is 6.92 Å². The number of phenolic OH excluding ortho intramolecular Hbond substituents is 1. The van der Waals surface area contributed by atoms with E-state index in [0.717, 1.165) is 22.3 Å². The van der Waals surface area contributed by atoms with Crippen molar-refractivity contribution < 1.29 is 5.11 Å². The number of hydrogen-bond donors (Lipinski definition) is 2. The Morgan fingerprint density at radius 3 is 2.95 bits per heavy atom. The molecule has 0 saturated carbocycles. The molecule has 2 rings (SSSR count). The number of aromatic nitrogens is 1. The van der Waals surface area contributed by atoms with E-state index < -0.39 is 0 Å². The van der Waals surface area contributed by atoms with Gasteiger partial charge in [-0.15, -0.1) is 0 Å². The monoisotopic (exact) mass is 252 g/mol. The normalized spacial score (nSPS) is 11.9. The third-order valence-corrected chi connectivity index (χ3v) is 2.73. The summed E-state index contributed by atoms with van der Waals surface area (Å²) < 4.78 is 0. The highest BCUT2D eigenvalue weighted by Gasteiger charge is 2.03. The average Bonchev–Trinajstić information content (AvgIpc) is 2.43. The molecule has 19 heavy (non-hydrogen) atoms. The van der Waals surface area contributed by atoms with Gasteiger partial charge in [0.05, 0.1) is 5.52 Å². The van der Waals surface area contributed by atoms with E-state index in [1.165, 1.54) is 0 Å². The zero-order valence-electron chi connectivity index (χ0n) is 10.8. The molecule has 1 aromatic heterocycles. The standard InChI is InChI=1S/C16H16N2O/c1-3-5-6-12(4-2)18-15-9-10-17-16-11-13(19)7-8-14(15)16/h3-11,19H,1H2,2H3,(H,17,18)/b6-5-,12-4+. The van der Waals surface area contributed by atoms with Crippen molar-refractivity contribution in [1.29, 1.82) is 0 Å². The molecule has 3 nitrogen and oxygen atoms in total. The first-order valence-corrected chi connectivity index (χ1v) is 6.05. The molecule has 96 valence electrons. The molecule has 0 aliphatic heterocycles. The molecule has 2 aromatic rings. The molecule has 0 bridgehead atoms. The van der Waals surface area contributed by atoms with E-state index in [1.807, 2.05) is 37.3 Å². The first-order valence-electron chi connectivity index (χ1n) is 6.05. The quantitative estimate of drug-likeness (QED) is 0.808. The smallest absolute Gasteiger partial charge is 0.117 e. The highest BCUT2D eigenvalue weighted by Crippen LogP contribution is 2.25. The van der Waals surface area contributed by atoms with Gasteiger partial charge in [-0.3, -0.25) is 4.98 Å². The van der Waals surface area contributed by atoms with Crippen LogP contribution in [0.4, 0.5) is 5.69 Å². The molecule has 0 unspecified atom stereocenters. The number of phenols is 1. The van der Waals surface area contributed by atoms with Gasteiger partial charge in [0, 0.05) is 29.0 Å². The third-order valence-electron chi connectivity index (χ3n) is 2.73. The number of nitrogens with zero attached hydrogens (tertiary/aromatic N) is 1. The number of allylic oxidation sites excluding steroid dienone is 4. The van der Waals surface area contributed by atoms with E-state index >= 15 is 0 Å². The molecule has 0 aliphatic carbocycles. The van der Waals surface area contributed by atoms with Gasteiger partial charge in [-0.25, -0.2) is 0 Å². The maximum Gasteiger partial charge on any atom is 0.117 e. The Morgan fingerprint density at radius 2 is 2.21 bits per heavy atom. The number of rotatable bonds is 4. The Hall–Kier alpha value is -2.55. The second-order valence-corrected chi connectivity index (χ2v) is 4.02. The number of anilines is 1. The van der Waals surface area contributed by atoms with E-state index in [9.17, 15) is 5.11 Å². The number of nitrogens with one attached hydrogen (secondary N) is 1. The van der Waals surface area contributed by atoms with E-state index in [0.29, 0.717) is 0 Å². The predicted octanol–water partition coefficient (Wildman–Crippen LogP) is 4.00. The number of hydrogen-bond acceptors (Lipinski definition) is 3. The van der Waals surface area contributed by atoms with E-state index in [4.69, 9.17) is 0 Å². The van der Waals surface area contributed by atoms with E-state index in [1.54, 1.807) is 24.4 Å². The SMILES string of the molecule is C=C/C=C\C(=C/C)Nc1ccnc2cc(O)ccc12. The van der Waals surface area contributed by atoms with Crippen LogP contribution in [0.3, 0.4) is 0 Å². The van der Waals surface area contributed by atoms with Gasteiger partial charge in [0.1, 0.15) is 5.75 Å². The fourth-order valence-corrected chi connectivity index (χ4v) is 1.78. The second kappa shape index (κ2) is 5.87. The second-order valence-electron chi connectivity index (χ2n) is 4.02. The lowest BCUT2D eigenvalue weighted by atomic mass is 10.1. The number of benzene rings is 1. The van der Waals surface area contributed by atoms with Crippen LogP contribution in [0.5, 0.6) is 5.75 Å². The summed E-state index contributed by atoms with van der Waals surface area (Å²) in [7, 11) is 0. The summed E-state index contributed by atoms with van der Waals surface area (Å²) in [5, 5.41) is 13.8. The molecule has 0 saturated heterocycles. The van der Waals surface area contributed by atoms with Crippen molar-refractivity contribution in [1.82, 2.24) is 4.98 Å². The Morgan fingerprint density at radius 1 is 1.37 bits per heavy atom. The van der Waals surface area contributed by atoms with Crippen molar-refractivity contribution in [3.63, 3.8) is 0 Å². The van der Waals surface area contributed by atoms with Crippen molar-refractivity contribution in [2.45, 2.75) is 6.92 Å². The Balaban J connectivity index is 2.40. The lowest BCUT2D eigenvalue weighted by Crippen LogP contribution is -1.97. The van der Waals surface area contributed by atoms with Crippen molar-refractivity contribution in [2.75, 3.05) is 5.32 Å². The van der Waals surface area contributed by atoms with Crippen LogP contribution in [0, 0.1) is 0 Å². The number of aromatic hydroxyl groups is 1. The van der Waals surface area contributed by atoms with Gasteiger partial charge >= 0.3 is 0 Å². The van der Waals surface area contributed by atoms with Gasteiger partial charge in [-0.05, 0) is 31.2 Å². The van der Waals surface area contributed by atoms with Crippen LogP contribution in [0.15, 0.2) is 67.0 Å². The zero-order chi connectivity index (χ0) is 13.7. The summed E-state index contributed by atoms with van der Waals surface area (Å²) in [4.78, 5) is 4.24. The highest BCUT2D eigenvalue weighted by atomic mass is 16.3. The Kier molecular flexibility index (Phi) is 3.98. The molecule has 3 heteroatoms. The minimum absolute atomic E-state index is 0.218. The molecule has 0 atom stereocenters. The summed E-state index contributed by atoms with van der Waals surface area (Å²) in [5.74, 6) is 0.218. The minimum Gasteiger partial charge on any atom is -0.508 e. The molecule has 1 aromatic carbocycles. The van der Waals surface area contributed by atoms with Crippen LogP contribution >= 0.6 is 0 Å². The maximum atomic E-state index is 9.47. The molecule has 0 fully saturated rings. The molecular weight excluding hydrogens is 236 g/mol. The molecule has 0 amide bonds. The predicted molar refractivity (Wildman–Crippen MR) is 80.1 cm³/mol. The van der Waals surface area contributed by atoms with Crippen molar-refractivity contribution in [2.24, 2.45) is 0 Å². The Bertz CT molecular complexity index is 657. The van der Waals surface area contributed by atoms with E-state index in [-0.39, 0.29) is 5.75 Å². The first kappa shape index (κ1) is 12.9. The van der Waals surface area contributed by atoms with Gasteiger partial charge < -0.3 is 10.4 Å². The van der Waals surface area contributed by atoms with Gasteiger partial charge in [0.25, 0.3) is 0 Å². The molecule has 0 aliphatic rings. The van der Waals surface area contributed by atoms with Crippen molar-refractivity contribution >= 4 is 16.6 Å². The van der Waals surface area contributed by atoms with Gasteiger partial charge in [-0.2, -0.15) is 0 Å². The van der Waals surface area contributed by atoms with Gasteiger partial charge in [0.2, 0.25) is 0 Å². The average molecular weight is 252 g/mol. The molecule has 2 N–H and O–H groups in total. The van der Waals surface area contributed by atoms with Crippen molar-refractivity contribution in [3.05, 3.63) is 67.0 Å². The fraction of sp³-hybridized carbons (Fsp3) is 0.0625. The lowest BCUT2D eigenvalue weighted by molar-refractivity contribution is 0.476. The van der Waals surface area contributed by atoms with Crippen LogP contribution in [-0.2, 0) is 0 Å². The maximum absolute atomic E-state index is 9.47. The van der Waals surface area contributed by atoms with Gasteiger partial charge in [-0.1, -0.05) is 24.8 Å². The zero-order valence-corrected chi connectivity index (χ0v) is 10.8. The molecule has 0 radical (unpaired) electrons. The molecular formula is C16H16N2O. The van der Waals surface area contributed by atoms with Crippen molar-refractivity contribution in [3.8, 4) is 5.75 Å². The first-order chi connectivity index (χ1) is 9.24. The third kappa shape index (κ3) is 3.01. The summed E-state index contributed by atoms with van der Waals surface area (Å²) >= 11 is 0. The minimum atomic E-state index is 0.218.